The molecule has 107 heavy (non-hydrogen) atoms. The lowest BCUT2D eigenvalue weighted by Crippen LogP contribution is -2.43. The first kappa shape index (κ1) is 97.1. The topological polar surface area (TPSA) is 438 Å². The Kier molecular flexibility index (Phi) is 40.2. The Labute approximate surface area is 620 Å². The van der Waals surface area contributed by atoms with Gasteiger partial charge in [-0.3, -0.25) is 33.6 Å². The fourth-order valence-corrected chi connectivity index (χ4v) is 9.67. The summed E-state index contributed by atoms with van der Waals surface area (Å²) in [4.78, 5) is 169. The van der Waals surface area contributed by atoms with Crippen LogP contribution in [0.1, 0.15) is 212 Å². The predicted molar refractivity (Wildman–Crippen MR) is 376 cm³/mol. The average Bonchev–Trinajstić information content (AvgIpc) is 1.65. The van der Waals surface area contributed by atoms with Crippen molar-refractivity contribution in [2.45, 2.75) is 241 Å². The molecule has 5 unspecified atom stereocenters. The molecule has 0 amide bonds. The summed E-state index contributed by atoms with van der Waals surface area (Å²) in [5.41, 5.74) is 0.706. The summed E-state index contributed by atoms with van der Waals surface area (Å²) in [6.45, 7) is 40.9. The number of carbonyl (C=O) groups is 13. The van der Waals surface area contributed by atoms with E-state index < -0.39 is 103 Å². The zero-order valence-electron chi connectivity index (χ0n) is 65.8. The van der Waals surface area contributed by atoms with Gasteiger partial charge in [0.15, 0.2) is 17.3 Å². The van der Waals surface area contributed by atoms with Gasteiger partial charge in [0.05, 0.1) is 13.0 Å². The van der Waals surface area contributed by atoms with Gasteiger partial charge in [-0.1, -0.05) is 48.5 Å². The molecule has 0 spiro atoms. The number of allylic oxidation sites excluding steroid dienone is 8. The first-order valence-electron chi connectivity index (χ1n) is 33.7. The number of phosphoric ester groups is 1. The predicted octanol–water partition coefficient (Wildman–Crippen LogP) is 9.40. The van der Waals surface area contributed by atoms with Gasteiger partial charge < -0.3 is 75.0 Å². The van der Waals surface area contributed by atoms with Gasteiger partial charge >= 0.3 is 84.0 Å². The minimum atomic E-state index is -4.30. The summed E-state index contributed by atoms with van der Waals surface area (Å²) < 4.78 is 96.3. The molecule has 5 saturated heterocycles. The molecule has 0 saturated carbocycles. The van der Waals surface area contributed by atoms with E-state index in [4.69, 9.17) is 60.7 Å². The first-order valence-corrected chi connectivity index (χ1v) is 35.2. The van der Waals surface area contributed by atoms with Gasteiger partial charge in [0.2, 0.25) is 70.6 Å². The molecule has 6 rings (SSSR count). The van der Waals surface area contributed by atoms with E-state index in [2.05, 4.69) is 18.5 Å². The van der Waals surface area contributed by atoms with Gasteiger partial charge in [-0.15, -0.1) is 0 Å². The maximum atomic E-state index is 12.2. The minimum Gasteiger partial charge on any atom is -0.487 e. The fourth-order valence-electron chi connectivity index (χ4n) is 8.65. The van der Waals surface area contributed by atoms with Crippen molar-refractivity contribution in [3.8, 4) is 0 Å². The Morgan fingerprint density at radius 2 is 0.972 bits per heavy atom. The number of rotatable bonds is 22. The van der Waals surface area contributed by atoms with Crippen LogP contribution in [0.2, 0.25) is 0 Å². The summed E-state index contributed by atoms with van der Waals surface area (Å²) in [5, 5.41) is 0. The zero-order chi connectivity index (χ0) is 83.0. The largest absolute Gasteiger partial charge is 0.536 e. The highest BCUT2D eigenvalue weighted by molar-refractivity contribution is 7.48. The van der Waals surface area contributed by atoms with Crippen LogP contribution in [-0.4, -0.2) is 126 Å². The van der Waals surface area contributed by atoms with Crippen molar-refractivity contribution < 1.29 is 146 Å². The summed E-state index contributed by atoms with van der Waals surface area (Å²) in [5.74, 6) is -11.2. The maximum absolute atomic E-state index is 12.2. The summed E-state index contributed by atoms with van der Waals surface area (Å²) in [6.07, 6.45) is 8.86. The van der Waals surface area contributed by atoms with Crippen molar-refractivity contribution in [2.75, 3.05) is 20.2 Å². The molecule has 0 N–H and O–H groups in total. The van der Waals surface area contributed by atoms with Crippen LogP contribution >= 0.6 is 7.82 Å². The normalized spacial score (nSPS) is 21.8. The second-order valence-electron chi connectivity index (χ2n) is 25.2. The Bertz CT molecular complexity index is 3870. The lowest BCUT2D eigenvalue weighted by molar-refractivity contribution is -0.207. The third kappa shape index (κ3) is 30.1. The second kappa shape index (κ2) is 44.3. The Morgan fingerprint density at radius 1 is 0.533 bits per heavy atom. The minimum absolute atomic E-state index is 0.0139. The van der Waals surface area contributed by atoms with Crippen LogP contribution in [0.25, 0.3) is 11.1 Å². The number of ether oxygens (including phenoxy) is 12. The summed E-state index contributed by atoms with van der Waals surface area (Å²) in [6, 6.07) is 0. The molecule has 0 aromatic carbocycles. The highest BCUT2D eigenvalue weighted by Crippen LogP contribution is 2.51. The van der Waals surface area contributed by atoms with Crippen LogP contribution in [0, 0.1) is 17.8 Å². The smallest absolute Gasteiger partial charge is 0.487 e. The second-order valence-corrected chi connectivity index (χ2v) is 26.8. The first-order chi connectivity index (χ1) is 49.4. The molecule has 5 atom stereocenters. The van der Waals surface area contributed by atoms with Gasteiger partial charge in [0.1, 0.15) is 11.9 Å². The number of phosphoric acid groups is 1. The summed E-state index contributed by atoms with van der Waals surface area (Å²) >= 11 is 0. The van der Waals surface area contributed by atoms with Crippen molar-refractivity contribution in [3.05, 3.63) is 102 Å². The van der Waals surface area contributed by atoms with Crippen LogP contribution in [0.4, 0.5) is 0 Å². The highest BCUT2D eigenvalue weighted by Gasteiger charge is 2.55. The molecule has 5 aliphatic rings. The van der Waals surface area contributed by atoms with E-state index in [9.17, 15) is 76.5 Å². The van der Waals surface area contributed by atoms with E-state index in [1.54, 1.807) is 95.2 Å². The van der Waals surface area contributed by atoms with Crippen LogP contribution in [-0.2, 0) is 137 Å². The quantitative estimate of drug-likeness (QED) is 0.0260. The number of carbonyl (C=O) groups excluding carboxylic acids is 13. The van der Waals surface area contributed by atoms with Gasteiger partial charge in [0, 0.05) is 73.1 Å². The number of cyclic esters (lactones) is 4. The molecule has 5 aliphatic heterocycles. The Balaban J connectivity index is 0.00000124. The van der Waals surface area contributed by atoms with Crippen molar-refractivity contribution in [1.82, 2.24) is 0 Å². The molecule has 34 heteroatoms. The number of esters is 7. The molecule has 598 valence electrons. The van der Waals surface area contributed by atoms with Gasteiger partial charge in [-0.2, -0.15) is 0 Å². The number of ketones is 6. The highest BCUT2D eigenvalue weighted by atomic mass is 31.2. The molecule has 5 fully saturated rings. The molecule has 0 radical (unpaired) electrons. The standard InChI is InChI=1S/C13H20O4.C12H16O6.C11H17O9P.C11H16O4.C10H12O4.C9H12O4.C7H10O2/c1-8(2)6-11-12(15)17-13(16-11,10(5)14)7-9(3)4;1-4-9-10(14)18-12(17-9,7-6-8(3)13)11(15)16-5-2;1-5-11(8(2)12)20-21(15,18-6-16-9(3)13)19-7-17-10(4)14;1-6(2)9-10(13)15-11(14-9,7(3)4)8(5)12;1-5(2)7-9(11)14-8(6(3)4)10(12)13-7;1-4-7-8(11)13-9(5-2,12-7)6(3)10;1-3-7-6(8)4-5(2)9-7/h6,8-9H,7H2,1-5H3;4H,5-7H2,1-3H3;5H,6-7H2,1-4H3;7H,1-5H3;1-4H3;4H,5H2,1-3H3;3,5H,4H2,1-2H3/b11-6-;9-4-;;;;7-4-;7-3-. The van der Waals surface area contributed by atoms with Crippen LogP contribution in [0.5, 0.6) is 0 Å². The molecule has 33 nitrogen and oxygen atoms in total. The molecule has 0 bridgehead atoms. The summed E-state index contributed by atoms with van der Waals surface area (Å²) in [7, 11) is -4.30. The molecular formula is C73H103O33P. The van der Waals surface area contributed by atoms with Gasteiger partial charge in [-0.05, 0) is 149 Å². The molecule has 1 aromatic rings. The van der Waals surface area contributed by atoms with E-state index in [-0.39, 0.29) is 112 Å². The molecule has 1 aromatic heterocycles. The molecule has 6 heterocycles. The van der Waals surface area contributed by atoms with Crippen LogP contribution < -0.4 is 22.1 Å². The maximum Gasteiger partial charge on any atom is 0.536 e. The third-order valence-corrected chi connectivity index (χ3v) is 15.2. The van der Waals surface area contributed by atoms with Crippen LogP contribution in [0.3, 0.4) is 0 Å². The molecular weight excluding hydrogens is 1440 g/mol. The lowest BCUT2D eigenvalue weighted by atomic mass is 9.99. The van der Waals surface area contributed by atoms with E-state index in [0.717, 1.165) is 13.8 Å². The van der Waals surface area contributed by atoms with E-state index in [1.165, 1.54) is 59.8 Å². The van der Waals surface area contributed by atoms with Crippen LogP contribution in [0.15, 0.2) is 88.9 Å². The monoisotopic (exact) mass is 1540 g/mol. The van der Waals surface area contributed by atoms with E-state index in [0.29, 0.717) is 41.7 Å². The van der Waals surface area contributed by atoms with Crippen molar-refractivity contribution in [1.29, 1.82) is 0 Å². The number of hydrogen-bond acceptors (Lipinski definition) is 33. The van der Waals surface area contributed by atoms with Gasteiger partial charge in [-0.25, -0.2) is 47.2 Å². The zero-order valence-corrected chi connectivity index (χ0v) is 66.7. The molecule has 0 aliphatic carbocycles. The van der Waals surface area contributed by atoms with E-state index >= 15 is 0 Å². The number of hydrogen-bond donors (Lipinski definition) is 0. The van der Waals surface area contributed by atoms with Crippen molar-refractivity contribution in [2.24, 2.45) is 17.8 Å². The lowest BCUT2D eigenvalue weighted by Gasteiger charge is -2.26. The van der Waals surface area contributed by atoms with Gasteiger partial charge in [0.25, 0.3) is 0 Å². The van der Waals surface area contributed by atoms with Crippen molar-refractivity contribution >= 4 is 95.5 Å². The number of Topliss-reactive ketones (excluding diaryl/α,β-unsaturated/α-hetero) is 6. The Morgan fingerprint density at radius 3 is 1.26 bits per heavy atom. The fraction of sp³-hybridized carbons (Fsp3) is 0.575. The average molecular weight is 1540 g/mol. The van der Waals surface area contributed by atoms with E-state index in [1.807, 2.05) is 41.5 Å². The van der Waals surface area contributed by atoms with Crippen molar-refractivity contribution in [3.63, 3.8) is 0 Å². The Hall–Kier alpha value is -9.88. The third-order valence-electron chi connectivity index (χ3n) is 14.0. The SMILES string of the molecule is C/C=C1\OC(C)CC1=O.C/C=C1\OC(CC)(C(C)=O)OC1=O.C/C=C1\OC(CCC(C)=O)(C(=O)OCC)OC1=O.CC(=O)C1(C(C)C)OC(=O)C(=C(C)C)O1.CC(=O)C1(CC(C)C)OC(=O)/C(=C/C(C)C)O1.CC(C)=c1oc(=O)c(=C(C)C)oc1=O.CC=C(OP(=O)(OCOC(C)=O)OCOC(C)=O)C(C)=O.